The highest BCUT2D eigenvalue weighted by atomic mass is 32.2. The van der Waals surface area contributed by atoms with Crippen LogP contribution in [0.15, 0.2) is 0 Å². The Labute approximate surface area is 74.8 Å². The molecule has 0 saturated carbocycles. The molecule has 0 aromatic heterocycles. The van der Waals surface area contributed by atoms with E-state index in [0.29, 0.717) is 0 Å². The molecule has 0 bridgehead atoms. The molecule has 2 atom stereocenters. The topological polar surface area (TPSA) is 104 Å². The summed E-state index contributed by atoms with van der Waals surface area (Å²) >= 11 is 0.904. The maximum atomic E-state index is 10.9. The molecule has 1 aliphatic rings. The molecule has 70 valence electrons. The predicted octanol–water partition coefficient (Wildman–Crippen LogP) is -1.23. The zero-order valence-corrected chi connectivity index (χ0v) is 7.86. The third-order valence-electron chi connectivity index (χ3n) is 1.55. The predicted molar refractivity (Wildman–Crippen MR) is 48.0 cm³/mol. The van der Waals surface area contributed by atoms with Gasteiger partial charge in [-0.2, -0.15) is 0 Å². The number of sulfone groups is 1. The van der Waals surface area contributed by atoms with Gasteiger partial charge in [-0.3, -0.25) is 5.41 Å². The summed E-state index contributed by atoms with van der Waals surface area (Å²) < 4.78 is 21.9. The Morgan fingerprint density at radius 3 is 2.50 bits per heavy atom. The lowest BCUT2D eigenvalue weighted by atomic mass is 10.3. The molecule has 0 aromatic carbocycles. The van der Waals surface area contributed by atoms with E-state index in [2.05, 4.69) is 0 Å². The van der Waals surface area contributed by atoms with E-state index in [1.807, 2.05) is 0 Å². The van der Waals surface area contributed by atoms with Crippen molar-refractivity contribution in [2.75, 3.05) is 11.5 Å². The van der Waals surface area contributed by atoms with Crippen molar-refractivity contribution in [1.82, 2.24) is 0 Å². The molecule has 0 unspecified atom stereocenters. The van der Waals surface area contributed by atoms with E-state index in [0.717, 1.165) is 11.8 Å². The van der Waals surface area contributed by atoms with Crippen molar-refractivity contribution in [3.8, 4) is 0 Å². The summed E-state index contributed by atoms with van der Waals surface area (Å²) in [6, 6.07) is 0. The first-order chi connectivity index (χ1) is 5.41. The maximum Gasteiger partial charge on any atom is 0.154 e. The normalized spacial score (nSPS) is 33.4. The number of hydrogen-bond acceptors (Lipinski definition) is 5. The second-order valence-corrected chi connectivity index (χ2v) is 6.10. The van der Waals surface area contributed by atoms with E-state index in [1.165, 1.54) is 0 Å². The van der Waals surface area contributed by atoms with Crippen LogP contribution in [0.4, 0.5) is 0 Å². The molecule has 1 rings (SSSR count). The van der Waals surface area contributed by atoms with Gasteiger partial charge < -0.3 is 10.8 Å². The number of nitrogens with one attached hydrogen (secondary N) is 1. The second kappa shape index (κ2) is 3.23. The Morgan fingerprint density at radius 1 is 1.58 bits per heavy atom. The highest BCUT2D eigenvalue weighted by Gasteiger charge is 2.37. The minimum absolute atomic E-state index is 0.0849. The first-order valence-corrected chi connectivity index (χ1v) is 6.00. The Bertz CT molecular complexity index is 287. The number of aliphatic hydroxyl groups excluding tert-OH is 1. The van der Waals surface area contributed by atoms with Gasteiger partial charge in [0.2, 0.25) is 0 Å². The number of nitrogens with two attached hydrogens (primary N) is 1. The molecule has 1 heterocycles. The Balaban J connectivity index is 2.64. The Morgan fingerprint density at radius 2 is 2.17 bits per heavy atom. The molecule has 12 heavy (non-hydrogen) atoms. The lowest BCUT2D eigenvalue weighted by Gasteiger charge is -2.09. The van der Waals surface area contributed by atoms with Crippen LogP contribution in [0.25, 0.3) is 0 Å². The number of rotatable bonds is 1. The van der Waals surface area contributed by atoms with Crippen LogP contribution in [-0.2, 0) is 9.84 Å². The average Bonchev–Trinajstić information content (AvgIpc) is 2.03. The van der Waals surface area contributed by atoms with Gasteiger partial charge >= 0.3 is 0 Å². The minimum atomic E-state index is -3.11. The van der Waals surface area contributed by atoms with Gasteiger partial charge in [0.15, 0.2) is 15.0 Å². The SMILES string of the molecule is N=C(N)S[C@@H]1CS(=O)(=O)C[C@H]1O. The first kappa shape index (κ1) is 9.82. The lowest BCUT2D eigenvalue weighted by Crippen LogP contribution is -2.23. The van der Waals surface area contributed by atoms with Gasteiger partial charge in [-0.15, -0.1) is 0 Å². The third-order valence-corrected chi connectivity index (χ3v) is 4.52. The van der Waals surface area contributed by atoms with Gasteiger partial charge in [0, 0.05) is 0 Å². The third kappa shape index (κ3) is 2.36. The van der Waals surface area contributed by atoms with E-state index in [-0.39, 0.29) is 16.7 Å². The smallest absolute Gasteiger partial charge is 0.154 e. The summed E-state index contributed by atoms with van der Waals surface area (Å²) in [5.41, 5.74) is 5.06. The molecule has 1 saturated heterocycles. The first-order valence-electron chi connectivity index (χ1n) is 3.30. The second-order valence-electron chi connectivity index (χ2n) is 2.66. The number of amidine groups is 1. The summed E-state index contributed by atoms with van der Waals surface area (Å²) in [5.74, 6) is -0.295. The van der Waals surface area contributed by atoms with Crippen molar-refractivity contribution in [2.24, 2.45) is 5.73 Å². The van der Waals surface area contributed by atoms with Crippen molar-refractivity contribution >= 4 is 26.8 Å². The molecule has 0 aliphatic carbocycles. The fourth-order valence-corrected chi connectivity index (χ4v) is 4.28. The van der Waals surface area contributed by atoms with Crippen molar-refractivity contribution in [3.05, 3.63) is 0 Å². The molecule has 0 radical (unpaired) electrons. The summed E-state index contributed by atoms with van der Waals surface area (Å²) in [6.07, 6.45) is -0.885. The maximum absolute atomic E-state index is 10.9. The van der Waals surface area contributed by atoms with E-state index < -0.39 is 21.2 Å². The Kier molecular flexibility index (Phi) is 2.64. The van der Waals surface area contributed by atoms with Crippen LogP contribution in [0, 0.1) is 5.41 Å². The summed E-state index contributed by atoms with van der Waals surface area (Å²) in [7, 11) is -3.11. The summed E-state index contributed by atoms with van der Waals surface area (Å²) in [5, 5.41) is 15.5. The summed E-state index contributed by atoms with van der Waals surface area (Å²) in [4.78, 5) is 0. The zero-order valence-electron chi connectivity index (χ0n) is 6.23. The van der Waals surface area contributed by atoms with Crippen LogP contribution >= 0.6 is 11.8 Å². The Hall–Kier alpha value is -0.270. The van der Waals surface area contributed by atoms with Crippen LogP contribution in [0.1, 0.15) is 0 Å². The monoisotopic (exact) mass is 210 g/mol. The molecule has 4 N–H and O–H groups in total. The summed E-state index contributed by atoms with van der Waals surface area (Å²) in [6.45, 7) is 0. The average molecular weight is 210 g/mol. The van der Waals surface area contributed by atoms with Gasteiger partial charge in [0.05, 0.1) is 22.9 Å². The van der Waals surface area contributed by atoms with Crippen LogP contribution in [0.2, 0.25) is 0 Å². The number of thioether (sulfide) groups is 1. The molecular weight excluding hydrogens is 200 g/mol. The molecule has 0 aromatic rings. The molecule has 1 fully saturated rings. The highest BCUT2D eigenvalue weighted by Crippen LogP contribution is 2.24. The van der Waals surface area contributed by atoms with Gasteiger partial charge in [-0.25, -0.2) is 8.42 Å². The van der Waals surface area contributed by atoms with Gasteiger partial charge in [0.1, 0.15) is 0 Å². The zero-order chi connectivity index (χ0) is 9.35. The van der Waals surface area contributed by atoms with Crippen molar-refractivity contribution < 1.29 is 13.5 Å². The van der Waals surface area contributed by atoms with Crippen molar-refractivity contribution in [2.45, 2.75) is 11.4 Å². The molecule has 0 amide bonds. The molecule has 0 spiro atoms. The van der Waals surface area contributed by atoms with E-state index in [1.54, 1.807) is 0 Å². The van der Waals surface area contributed by atoms with E-state index in [9.17, 15) is 13.5 Å². The van der Waals surface area contributed by atoms with Crippen LogP contribution in [0.3, 0.4) is 0 Å². The van der Waals surface area contributed by atoms with Crippen LogP contribution in [-0.4, -0.2) is 41.6 Å². The molecule has 1 aliphatic heterocycles. The van der Waals surface area contributed by atoms with Crippen molar-refractivity contribution in [1.29, 1.82) is 5.41 Å². The molecular formula is C5H10N2O3S2. The molecule has 7 heteroatoms. The fraction of sp³-hybridized carbons (Fsp3) is 0.800. The van der Waals surface area contributed by atoms with Crippen LogP contribution < -0.4 is 5.73 Å². The lowest BCUT2D eigenvalue weighted by molar-refractivity contribution is 0.208. The van der Waals surface area contributed by atoms with Gasteiger partial charge in [0.25, 0.3) is 0 Å². The van der Waals surface area contributed by atoms with Crippen molar-refractivity contribution in [3.63, 3.8) is 0 Å². The minimum Gasteiger partial charge on any atom is -0.391 e. The van der Waals surface area contributed by atoms with E-state index in [4.69, 9.17) is 11.1 Å². The fourth-order valence-electron chi connectivity index (χ4n) is 1.07. The molecule has 5 nitrogen and oxygen atoms in total. The largest absolute Gasteiger partial charge is 0.391 e. The van der Waals surface area contributed by atoms with Gasteiger partial charge in [-0.05, 0) is 0 Å². The standard InChI is InChI=1S/C5H10N2O3S2/c6-5(7)11-4-2-12(9,10)1-3(4)8/h3-4,8H,1-2H2,(H3,6,7)/t3-,4-/m1/s1. The number of aliphatic hydroxyl groups is 1. The van der Waals surface area contributed by atoms with Crippen LogP contribution in [0.5, 0.6) is 0 Å². The number of hydrogen-bond donors (Lipinski definition) is 3. The van der Waals surface area contributed by atoms with E-state index >= 15 is 0 Å². The highest BCUT2D eigenvalue weighted by molar-refractivity contribution is 8.14. The quantitative estimate of drug-likeness (QED) is 0.371. The van der Waals surface area contributed by atoms with Gasteiger partial charge in [-0.1, -0.05) is 11.8 Å².